The molecule has 3 unspecified atom stereocenters. The van der Waals surface area contributed by atoms with E-state index in [2.05, 4.69) is 10.3 Å². The van der Waals surface area contributed by atoms with Gasteiger partial charge in [0.25, 0.3) is 5.91 Å². The van der Waals surface area contributed by atoms with E-state index in [1.54, 1.807) is 0 Å². The van der Waals surface area contributed by atoms with Gasteiger partial charge in [-0.25, -0.2) is 4.98 Å². The third kappa shape index (κ3) is 3.02. The van der Waals surface area contributed by atoms with Crippen molar-refractivity contribution in [2.24, 2.45) is 5.73 Å². The molecule has 0 spiro atoms. The van der Waals surface area contributed by atoms with E-state index >= 15 is 0 Å². The maximum atomic E-state index is 11.8. The van der Waals surface area contributed by atoms with Crippen molar-refractivity contribution < 1.29 is 9.53 Å². The van der Waals surface area contributed by atoms with E-state index in [1.165, 1.54) is 11.3 Å². The molecular weight excluding hydrogens is 238 g/mol. The quantitative estimate of drug-likeness (QED) is 0.861. The SMILES string of the molecule is CC1CCC(C(=O)Nc2nc(C(C)N)cs2)O1. The minimum atomic E-state index is -0.340. The van der Waals surface area contributed by atoms with Crippen molar-refractivity contribution in [1.29, 1.82) is 0 Å². The number of amides is 1. The number of carbonyl (C=O) groups excluding carboxylic acids is 1. The van der Waals surface area contributed by atoms with E-state index in [0.717, 1.165) is 18.5 Å². The summed E-state index contributed by atoms with van der Waals surface area (Å²) in [5, 5.41) is 5.22. The van der Waals surface area contributed by atoms with Crippen LogP contribution in [0.4, 0.5) is 5.13 Å². The zero-order chi connectivity index (χ0) is 12.4. The van der Waals surface area contributed by atoms with Crippen LogP contribution < -0.4 is 11.1 Å². The highest BCUT2D eigenvalue weighted by atomic mass is 32.1. The second kappa shape index (κ2) is 5.12. The number of thiazole rings is 1. The molecule has 0 aromatic carbocycles. The molecule has 94 valence electrons. The molecule has 2 heterocycles. The Hall–Kier alpha value is -0.980. The van der Waals surface area contributed by atoms with E-state index < -0.39 is 0 Å². The molecule has 1 saturated heterocycles. The fraction of sp³-hybridized carbons (Fsp3) is 0.636. The number of aromatic nitrogens is 1. The van der Waals surface area contributed by atoms with Gasteiger partial charge in [-0.2, -0.15) is 0 Å². The van der Waals surface area contributed by atoms with Crippen molar-refractivity contribution in [2.75, 3.05) is 5.32 Å². The van der Waals surface area contributed by atoms with Crippen LogP contribution in [0.2, 0.25) is 0 Å². The van der Waals surface area contributed by atoms with Crippen LogP contribution in [0.1, 0.15) is 38.4 Å². The van der Waals surface area contributed by atoms with Gasteiger partial charge in [0.15, 0.2) is 5.13 Å². The predicted octanol–water partition coefficient (Wildman–Crippen LogP) is 1.67. The van der Waals surface area contributed by atoms with Gasteiger partial charge in [-0.15, -0.1) is 11.3 Å². The number of hydrogen-bond acceptors (Lipinski definition) is 5. The molecule has 2 rings (SSSR count). The number of hydrogen-bond donors (Lipinski definition) is 2. The highest BCUT2D eigenvalue weighted by Crippen LogP contribution is 2.23. The molecule has 0 bridgehead atoms. The number of nitrogens with one attached hydrogen (secondary N) is 1. The average Bonchev–Trinajstić information content (AvgIpc) is 2.86. The summed E-state index contributed by atoms with van der Waals surface area (Å²) in [6.07, 6.45) is 1.54. The summed E-state index contributed by atoms with van der Waals surface area (Å²) in [5.41, 5.74) is 6.50. The summed E-state index contributed by atoms with van der Waals surface area (Å²) in [4.78, 5) is 16.1. The standard InChI is InChI=1S/C11H17N3O2S/c1-6-3-4-9(16-6)10(15)14-11-13-8(5-17-11)7(2)12/h5-7,9H,3-4,12H2,1-2H3,(H,13,14,15). The summed E-state index contributed by atoms with van der Waals surface area (Å²) < 4.78 is 5.49. The minimum Gasteiger partial charge on any atom is -0.365 e. The number of ether oxygens (including phenoxy) is 1. The Morgan fingerprint density at radius 1 is 1.71 bits per heavy atom. The first-order valence-corrected chi connectivity index (χ1v) is 6.61. The maximum absolute atomic E-state index is 11.8. The van der Waals surface area contributed by atoms with Crippen molar-refractivity contribution in [2.45, 2.75) is 44.9 Å². The third-order valence-corrected chi connectivity index (χ3v) is 3.52. The van der Waals surface area contributed by atoms with Gasteiger partial charge in [-0.3, -0.25) is 10.1 Å². The Balaban J connectivity index is 1.93. The number of rotatable bonds is 3. The second-order valence-electron chi connectivity index (χ2n) is 4.37. The molecule has 1 aromatic heterocycles. The zero-order valence-electron chi connectivity index (χ0n) is 9.97. The summed E-state index contributed by atoms with van der Waals surface area (Å²) in [6.45, 7) is 3.84. The van der Waals surface area contributed by atoms with Gasteiger partial charge in [-0.05, 0) is 26.7 Å². The van der Waals surface area contributed by atoms with Crippen LogP contribution in [-0.2, 0) is 9.53 Å². The van der Waals surface area contributed by atoms with Gasteiger partial charge >= 0.3 is 0 Å². The van der Waals surface area contributed by atoms with E-state index in [4.69, 9.17) is 10.5 Å². The topological polar surface area (TPSA) is 77.2 Å². The van der Waals surface area contributed by atoms with Gasteiger partial charge in [0, 0.05) is 11.4 Å². The highest BCUT2D eigenvalue weighted by Gasteiger charge is 2.28. The first-order valence-electron chi connectivity index (χ1n) is 5.73. The minimum absolute atomic E-state index is 0.111. The monoisotopic (exact) mass is 255 g/mol. The smallest absolute Gasteiger partial charge is 0.255 e. The molecule has 6 heteroatoms. The van der Waals surface area contributed by atoms with Crippen molar-refractivity contribution >= 4 is 22.4 Å². The van der Waals surface area contributed by atoms with Crippen LogP contribution in [0, 0.1) is 0 Å². The molecule has 1 aromatic rings. The van der Waals surface area contributed by atoms with Crippen LogP contribution >= 0.6 is 11.3 Å². The molecule has 3 atom stereocenters. The van der Waals surface area contributed by atoms with Gasteiger partial charge in [0.05, 0.1) is 11.8 Å². The molecule has 1 aliphatic rings. The Labute approximate surface area is 104 Å². The molecule has 0 saturated carbocycles. The molecule has 1 aliphatic heterocycles. The summed E-state index contributed by atoms with van der Waals surface area (Å²) in [7, 11) is 0. The number of nitrogens with zero attached hydrogens (tertiary/aromatic N) is 1. The maximum Gasteiger partial charge on any atom is 0.255 e. The lowest BCUT2D eigenvalue weighted by atomic mass is 10.2. The predicted molar refractivity (Wildman–Crippen MR) is 66.9 cm³/mol. The lowest BCUT2D eigenvalue weighted by Crippen LogP contribution is -2.27. The average molecular weight is 255 g/mol. The molecule has 17 heavy (non-hydrogen) atoms. The molecular formula is C11H17N3O2S. The Morgan fingerprint density at radius 2 is 2.47 bits per heavy atom. The lowest BCUT2D eigenvalue weighted by Gasteiger charge is -2.09. The van der Waals surface area contributed by atoms with Gasteiger partial charge in [-0.1, -0.05) is 0 Å². The third-order valence-electron chi connectivity index (χ3n) is 2.74. The summed E-state index contributed by atoms with van der Waals surface area (Å²) in [5.74, 6) is -0.111. The van der Waals surface area contributed by atoms with Crippen molar-refractivity contribution in [3.8, 4) is 0 Å². The zero-order valence-corrected chi connectivity index (χ0v) is 10.8. The van der Waals surface area contributed by atoms with E-state index in [9.17, 15) is 4.79 Å². The lowest BCUT2D eigenvalue weighted by molar-refractivity contribution is -0.126. The van der Waals surface area contributed by atoms with Crippen LogP contribution in [0.15, 0.2) is 5.38 Å². The van der Waals surface area contributed by atoms with Gasteiger partial charge in [0.1, 0.15) is 6.10 Å². The van der Waals surface area contributed by atoms with Crippen molar-refractivity contribution in [3.63, 3.8) is 0 Å². The first-order chi connectivity index (χ1) is 8.06. The Bertz CT molecular complexity index is 405. The fourth-order valence-corrected chi connectivity index (χ4v) is 2.55. The summed E-state index contributed by atoms with van der Waals surface area (Å²) in [6, 6.07) is -0.111. The van der Waals surface area contributed by atoms with Crippen LogP contribution in [0.3, 0.4) is 0 Å². The summed E-state index contributed by atoms with van der Waals surface area (Å²) >= 11 is 1.39. The van der Waals surface area contributed by atoms with Crippen molar-refractivity contribution in [1.82, 2.24) is 4.98 Å². The van der Waals surface area contributed by atoms with E-state index in [1.807, 2.05) is 19.2 Å². The molecule has 0 radical (unpaired) electrons. The molecule has 1 amide bonds. The fourth-order valence-electron chi connectivity index (χ4n) is 1.73. The largest absolute Gasteiger partial charge is 0.365 e. The number of carbonyl (C=O) groups is 1. The number of nitrogens with two attached hydrogens (primary N) is 1. The van der Waals surface area contributed by atoms with Gasteiger partial charge in [0.2, 0.25) is 0 Å². The second-order valence-corrected chi connectivity index (χ2v) is 5.23. The molecule has 1 fully saturated rings. The van der Waals surface area contributed by atoms with Crippen LogP contribution in [0.25, 0.3) is 0 Å². The van der Waals surface area contributed by atoms with Gasteiger partial charge < -0.3 is 10.5 Å². The van der Waals surface area contributed by atoms with E-state index in [-0.39, 0.29) is 24.2 Å². The Kier molecular flexibility index (Phi) is 3.76. The van der Waals surface area contributed by atoms with E-state index in [0.29, 0.717) is 5.13 Å². The van der Waals surface area contributed by atoms with Crippen LogP contribution in [-0.4, -0.2) is 23.1 Å². The highest BCUT2D eigenvalue weighted by molar-refractivity contribution is 7.13. The number of anilines is 1. The first kappa shape index (κ1) is 12.5. The van der Waals surface area contributed by atoms with Crippen LogP contribution in [0.5, 0.6) is 0 Å². The normalized spacial score (nSPS) is 25.8. The molecule has 3 N–H and O–H groups in total. The molecule has 5 nitrogen and oxygen atoms in total. The Morgan fingerprint density at radius 3 is 3.00 bits per heavy atom. The molecule has 0 aliphatic carbocycles. The van der Waals surface area contributed by atoms with Crippen molar-refractivity contribution in [3.05, 3.63) is 11.1 Å².